The standard InChI is InChI=1S/C12H21FOSSi/c1-12(2,3)16(4,5)14-9-8-10-6-7-11(13)15-10/h6-7H,8-9H2,1-5H3. The van der Waals surface area contributed by atoms with Crippen molar-refractivity contribution in [2.45, 2.75) is 45.3 Å². The van der Waals surface area contributed by atoms with Gasteiger partial charge in [0.15, 0.2) is 13.4 Å². The normalized spacial score (nSPS) is 13.1. The summed E-state index contributed by atoms with van der Waals surface area (Å²) in [6, 6.07) is 3.36. The van der Waals surface area contributed by atoms with Crippen molar-refractivity contribution >= 4 is 19.7 Å². The quantitative estimate of drug-likeness (QED) is 0.727. The van der Waals surface area contributed by atoms with Crippen LogP contribution in [-0.4, -0.2) is 14.9 Å². The van der Waals surface area contributed by atoms with E-state index in [-0.39, 0.29) is 10.2 Å². The molecule has 0 fully saturated rings. The van der Waals surface area contributed by atoms with Crippen molar-refractivity contribution in [2.75, 3.05) is 6.61 Å². The van der Waals surface area contributed by atoms with E-state index in [9.17, 15) is 4.39 Å². The molecule has 0 N–H and O–H groups in total. The molecule has 0 aliphatic heterocycles. The van der Waals surface area contributed by atoms with E-state index >= 15 is 0 Å². The van der Waals surface area contributed by atoms with Crippen molar-refractivity contribution in [3.05, 3.63) is 22.1 Å². The summed E-state index contributed by atoms with van der Waals surface area (Å²) >= 11 is 1.21. The number of halogens is 1. The zero-order valence-corrected chi connectivity index (χ0v) is 12.6. The molecule has 16 heavy (non-hydrogen) atoms. The SMILES string of the molecule is CC(C)(C)[Si](C)(C)OCCc1ccc(F)s1. The van der Waals surface area contributed by atoms with Gasteiger partial charge in [0, 0.05) is 17.9 Å². The van der Waals surface area contributed by atoms with Crippen molar-refractivity contribution in [3.8, 4) is 0 Å². The fourth-order valence-corrected chi connectivity index (χ4v) is 2.86. The summed E-state index contributed by atoms with van der Waals surface area (Å²) in [6.07, 6.45) is 0.821. The molecule has 1 nitrogen and oxygen atoms in total. The maximum atomic E-state index is 12.8. The Balaban J connectivity index is 2.41. The Bertz CT molecular complexity index is 341. The Morgan fingerprint density at radius 3 is 2.38 bits per heavy atom. The first-order chi connectivity index (χ1) is 7.22. The van der Waals surface area contributed by atoms with Crippen LogP contribution in [0.15, 0.2) is 12.1 Å². The minimum Gasteiger partial charge on any atom is -0.416 e. The Kier molecular flexibility index (Phi) is 4.32. The number of hydrogen-bond acceptors (Lipinski definition) is 2. The molecule has 1 aromatic rings. The minimum atomic E-state index is -1.64. The monoisotopic (exact) mass is 260 g/mol. The molecule has 0 unspecified atom stereocenters. The fourth-order valence-electron chi connectivity index (χ4n) is 1.11. The highest BCUT2D eigenvalue weighted by Crippen LogP contribution is 2.36. The van der Waals surface area contributed by atoms with E-state index in [1.54, 1.807) is 0 Å². The molecule has 0 aliphatic carbocycles. The van der Waals surface area contributed by atoms with E-state index in [1.807, 2.05) is 6.07 Å². The highest BCUT2D eigenvalue weighted by Gasteiger charge is 2.36. The van der Waals surface area contributed by atoms with E-state index in [2.05, 4.69) is 33.9 Å². The van der Waals surface area contributed by atoms with Gasteiger partial charge in [-0.2, -0.15) is 4.39 Å². The molecule has 0 amide bonds. The summed E-state index contributed by atoms with van der Waals surface area (Å²) in [6.45, 7) is 11.9. The van der Waals surface area contributed by atoms with E-state index in [0.717, 1.165) is 11.3 Å². The van der Waals surface area contributed by atoms with Crippen molar-refractivity contribution in [1.82, 2.24) is 0 Å². The maximum absolute atomic E-state index is 12.8. The molecule has 0 saturated carbocycles. The molecule has 1 rings (SSSR count). The Labute approximate surface area is 103 Å². The lowest BCUT2D eigenvalue weighted by Gasteiger charge is -2.36. The maximum Gasteiger partial charge on any atom is 0.191 e. The second kappa shape index (κ2) is 4.98. The smallest absolute Gasteiger partial charge is 0.191 e. The lowest BCUT2D eigenvalue weighted by Crippen LogP contribution is -2.41. The van der Waals surface area contributed by atoms with Crippen LogP contribution in [0.4, 0.5) is 4.39 Å². The van der Waals surface area contributed by atoms with Crippen molar-refractivity contribution in [3.63, 3.8) is 0 Å². The number of thiophene rings is 1. The summed E-state index contributed by atoms with van der Waals surface area (Å²) in [5, 5.41) is 0.135. The molecule has 92 valence electrons. The van der Waals surface area contributed by atoms with Gasteiger partial charge in [-0.15, -0.1) is 11.3 Å². The van der Waals surface area contributed by atoms with Crippen LogP contribution in [-0.2, 0) is 10.8 Å². The average molecular weight is 260 g/mol. The predicted molar refractivity (Wildman–Crippen MR) is 71.1 cm³/mol. The van der Waals surface area contributed by atoms with Crippen LogP contribution < -0.4 is 0 Å². The van der Waals surface area contributed by atoms with Gasteiger partial charge in [0.2, 0.25) is 0 Å². The molecule has 1 heterocycles. The van der Waals surface area contributed by atoms with Crippen molar-refractivity contribution in [2.24, 2.45) is 0 Å². The van der Waals surface area contributed by atoms with E-state index in [1.165, 1.54) is 17.4 Å². The lowest BCUT2D eigenvalue weighted by atomic mass is 10.2. The zero-order valence-electron chi connectivity index (χ0n) is 10.8. The van der Waals surface area contributed by atoms with Gasteiger partial charge in [-0.25, -0.2) is 0 Å². The third-order valence-corrected chi connectivity index (χ3v) is 8.72. The second-order valence-electron chi connectivity index (χ2n) is 5.56. The van der Waals surface area contributed by atoms with Crippen LogP contribution in [0.2, 0.25) is 18.1 Å². The average Bonchev–Trinajstić information content (AvgIpc) is 2.49. The Morgan fingerprint density at radius 1 is 1.31 bits per heavy atom. The highest BCUT2D eigenvalue weighted by molar-refractivity contribution is 7.10. The summed E-state index contributed by atoms with van der Waals surface area (Å²) < 4.78 is 18.8. The van der Waals surface area contributed by atoms with Crippen LogP contribution in [0, 0.1) is 5.13 Å². The van der Waals surface area contributed by atoms with Gasteiger partial charge < -0.3 is 4.43 Å². The molecule has 0 atom stereocenters. The molecule has 0 bridgehead atoms. The van der Waals surface area contributed by atoms with Crippen LogP contribution in [0.3, 0.4) is 0 Å². The largest absolute Gasteiger partial charge is 0.416 e. The highest BCUT2D eigenvalue weighted by atomic mass is 32.1. The molecule has 0 aliphatic rings. The summed E-state index contributed by atoms with van der Waals surface area (Å²) in [4.78, 5) is 1.07. The zero-order chi connectivity index (χ0) is 12.4. The molecule has 0 spiro atoms. The van der Waals surface area contributed by atoms with E-state index in [4.69, 9.17) is 4.43 Å². The Morgan fingerprint density at radius 2 is 1.94 bits per heavy atom. The Hall–Kier alpha value is -0.193. The summed E-state index contributed by atoms with van der Waals surface area (Å²) in [5.41, 5.74) is 0. The first-order valence-electron chi connectivity index (χ1n) is 5.60. The van der Waals surface area contributed by atoms with Crippen molar-refractivity contribution < 1.29 is 8.82 Å². The predicted octanol–water partition coefficient (Wildman–Crippen LogP) is 4.45. The topological polar surface area (TPSA) is 9.23 Å². The van der Waals surface area contributed by atoms with Crippen LogP contribution >= 0.6 is 11.3 Å². The van der Waals surface area contributed by atoms with Crippen LogP contribution in [0.5, 0.6) is 0 Å². The number of hydrogen-bond donors (Lipinski definition) is 0. The third-order valence-electron chi connectivity index (χ3n) is 3.25. The molecule has 0 saturated heterocycles. The fraction of sp³-hybridized carbons (Fsp3) is 0.667. The van der Waals surface area contributed by atoms with Gasteiger partial charge in [-0.3, -0.25) is 0 Å². The second-order valence-corrected chi connectivity index (χ2v) is 11.5. The van der Waals surface area contributed by atoms with Gasteiger partial charge >= 0.3 is 0 Å². The third kappa shape index (κ3) is 3.68. The molecule has 0 aromatic carbocycles. The van der Waals surface area contributed by atoms with Gasteiger partial charge in [0.25, 0.3) is 0 Å². The molecular formula is C12H21FOSSi. The first kappa shape index (κ1) is 13.9. The summed E-state index contributed by atoms with van der Waals surface area (Å²) in [7, 11) is -1.64. The van der Waals surface area contributed by atoms with E-state index < -0.39 is 8.32 Å². The molecule has 1 aromatic heterocycles. The lowest BCUT2D eigenvalue weighted by molar-refractivity contribution is 0.293. The van der Waals surface area contributed by atoms with Gasteiger partial charge in [0.05, 0.1) is 0 Å². The van der Waals surface area contributed by atoms with Gasteiger partial charge in [-0.05, 0) is 30.3 Å². The van der Waals surface area contributed by atoms with Crippen LogP contribution in [0.1, 0.15) is 25.6 Å². The first-order valence-corrected chi connectivity index (χ1v) is 9.33. The van der Waals surface area contributed by atoms with Gasteiger partial charge in [-0.1, -0.05) is 20.8 Å². The molecular weight excluding hydrogens is 239 g/mol. The van der Waals surface area contributed by atoms with Crippen molar-refractivity contribution in [1.29, 1.82) is 0 Å². The van der Waals surface area contributed by atoms with Crippen LogP contribution in [0.25, 0.3) is 0 Å². The van der Waals surface area contributed by atoms with E-state index in [0.29, 0.717) is 6.61 Å². The molecule has 0 radical (unpaired) electrons. The minimum absolute atomic E-state index is 0.109. The molecule has 4 heteroatoms. The van der Waals surface area contributed by atoms with Gasteiger partial charge in [0.1, 0.15) is 0 Å². The summed E-state index contributed by atoms with van der Waals surface area (Å²) in [5.74, 6) is 0. The number of rotatable bonds is 4.